The molecule has 1 fully saturated rings. The lowest BCUT2D eigenvalue weighted by atomic mass is 9.86. The minimum Gasteiger partial charge on any atom is -0.380 e. The normalized spacial score (nSPS) is 19.6. The molecule has 0 aromatic heterocycles. The molecule has 6 nitrogen and oxygen atoms in total. The second-order valence-electron chi connectivity index (χ2n) is 8.39. The number of hydrogen-bond acceptors (Lipinski definition) is 4. The first-order chi connectivity index (χ1) is 14.6. The average Bonchev–Trinajstić information content (AvgIpc) is 3.27. The van der Waals surface area contributed by atoms with Gasteiger partial charge in [-0.05, 0) is 62.7 Å². The molecule has 2 heterocycles. The third kappa shape index (κ3) is 4.10. The molecule has 2 aliphatic rings. The highest BCUT2D eigenvalue weighted by Gasteiger charge is 2.38. The molecule has 4 N–H and O–H groups in total. The van der Waals surface area contributed by atoms with Crippen LogP contribution in [0.5, 0.6) is 0 Å². The van der Waals surface area contributed by atoms with Gasteiger partial charge in [0.15, 0.2) is 0 Å². The van der Waals surface area contributed by atoms with Crippen LogP contribution in [0, 0.1) is 0 Å². The van der Waals surface area contributed by atoms with E-state index in [1.54, 1.807) is 18.2 Å². The highest BCUT2D eigenvalue weighted by atomic mass is 19.4. The van der Waals surface area contributed by atoms with Gasteiger partial charge in [-0.1, -0.05) is 6.07 Å². The molecular weight excluding hydrogens is 409 g/mol. The van der Waals surface area contributed by atoms with Crippen LogP contribution in [0.25, 0.3) is 0 Å². The van der Waals surface area contributed by atoms with Crippen molar-refractivity contribution < 1.29 is 22.8 Å². The van der Waals surface area contributed by atoms with E-state index >= 15 is 0 Å². The van der Waals surface area contributed by atoms with Crippen LogP contribution in [-0.4, -0.2) is 30.9 Å². The van der Waals surface area contributed by atoms with Gasteiger partial charge in [0.25, 0.3) is 5.91 Å². The predicted octanol–water partition coefficient (Wildman–Crippen LogP) is 3.96. The van der Waals surface area contributed by atoms with E-state index in [1.165, 1.54) is 6.07 Å². The van der Waals surface area contributed by atoms with Crippen LogP contribution in [0.1, 0.15) is 41.8 Å². The monoisotopic (exact) mass is 432 g/mol. The van der Waals surface area contributed by atoms with Crippen LogP contribution in [0.15, 0.2) is 36.4 Å². The smallest absolute Gasteiger partial charge is 0.380 e. The van der Waals surface area contributed by atoms with E-state index < -0.39 is 23.1 Å². The van der Waals surface area contributed by atoms with Crippen LogP contribution in [0.4, 0.5) is 30.2 Å². The summed E-state index contributed by atoms with van der Waals surface area (Å²) >= 11 is 0. The molecule has 1 unspecified atom stereocenters. The van der Waals surface area contributed by atoms with E-state index in [-0.39, 0.29) is 23.2 Å². The Morgan fingerprint density at radius 1 is 1.16 bits per heavy atom. The predicted molar refractivity (Wildman–Crippen MR) is 112 cm³/mol. The molecule has 0 aliphatic carbocycles. The third-order valence-electron chi connectivity index (χ3n) is 5.78. The Balaban J connectivity index is 1.61. The van der Waals surface area contributed by atoms with Crippen molar-refractivity contribution in [3.8, 4) is 0 Å². The largest absolute Gasteiger partial charge is 0.416 e. The van der Waals surface area contributed by atoms with Gasteiger partial charge >= 0.3 is 6.18 Å². The Hall–Kier alpha value is -3.07. The maximum absolute atomic E-state index is 13.2. The number of fused-ring (bicyclic) bond motifs is 1. The molecule has 4 rings (SSSR count). The number of amides is 2. The molecule has 0 spiro atoms. The number of alkyl halides is 3. The number of nitrogens with one attached hydrogen (secondary N) is 4. The molecule has 2 aliphatic heterocycles. The fraction of sp³-hybridized carbons (Fsp3) is 0.364. The van der Waals surface area contributed by atoms with Gasteiger partial charge in [-0.15, -0.1) is 0 Å². The Morgan fingerprint density at radius 2 is 1.94 bits per heavy atom. The molecule has 0 radical (unpaired) electrons. The summed E-state index contributed by atoms with van der Waals surface area (Å²) in [5, 5.41) is 11.7. The van der Waals surface area contributed by atoms with Gasteiger partial charge in [0, 0.05) is 29.6 Å². The van der Waals surface area contributed by atoms with E-state index in [0.29, 0.717) is 17.9 Å². The summed E-state index contributed by atoms with van der Waals surface area (Å²) in [5.74, 6) is -0.670. The van der Waals surface area contributed by atoms with E-state index in [0.717, 1.165) is 30.7 Å². The fourth-order valence-electron chi connectivity index (χ4n) is 3.91. The van der Waals surface area contributed by atoms with Crippen LogP contribution >= 0.6 is 0 Å². The molecule has 9 heteroatoms. The molecule has 1 saturated heterocycles. The Bertz CT molecular complexity index is 1040. The lowest BCUT2D eigenvalue weighted by Crippen LogP contribution is -2.26. The number of carbonyl (C=O) groups is 2. The molecule has 164 valence electrons. The van der Waals surface area contributed by atoms with Gasteiger partial charge in [-0.25, -0.2) is 0 Å². The van der Waals surface area contributed by atoms with Crippen molar-refractivity contribution in [2.24, 2.45) is 0 Å². The van der Waals surface area contributed by atoms with Crippen molar-refractivity contribution in [1.29, 1.82) is 0 Å². The van der Waals surface area contributed by atoms with Gasteiger partial charge in [-0.2, -0.15) is 13.2 Å². The second kappa shape index (κ2) is 7.56. The number of hydrogen-bond donors (Lipinski definition) is 4. The molecular formula is C22H23F3N4O2. The molecule has 2 amide bonds. The highest BCUT2D eigenvalue weighted by Crippen LogP contribution is 2.39. The Morgan fingerprint density at radius 3 is 2.61 bits per heavy atom. The quantitative estimate of drug-likeness (QED) is 0.590. The molecule has 1 atom stereocenters. The zero-order chi connectivity index (χ0) is 22.4. The summed E-state index contributed by atoms with van der Waals surface area (Å²) in [6, 6.07) is 8.08. The Labute approximate surface area is 177 Å². The minimum absolute atomic E-state index is 0.0625. The number of halogens is 3. The zero-order valence-electron chi connectivity index (χ0n) is 17.1. The van der Waals surface area contributed by atoms with Gasteiger partial charge in [-0.3, -0.25) is 9.59 Å². The summed E-state index contributed by atoms with van der Waals surface area (Å²) < 4.78 is 39.6. The topological polar surface area (TPSA) is 82.3 Å². The van der Waals surface area contributed by atoms with E-state index in [9.17, 15) is 22.8 Å². The molecule has 0 bridgehead atoms. The first kappa shape index (κ1) is 21.2. The molecule has 2 aromatic carbocycles. The fourth-order valence-corrected chi connectivity index (χ4v) is 3.91. The Kier molecular flexibility index (Phi) is 5.17. The van der Waals surface area contributed by atoms with Crippen molar-refractivity contribution in [2.75, 3.05) is 29.0 Å². The molecule has 0 saturated carbocycles. The van der Waals surface area contributed by atoms with Crippen molar-refractivity contribution in [3.05, 3.63) is 53.1 Å². The first-order valence-corrected chi connectivity index (χ1v) is 10.0. The van der Waals surface area contributed by atoms with Crippen LogP contribution in [0.2, 0.25) is 0 Å². The number of carbonyl (C=O) groups excluding carboxylic acids is 2. The van der Waals surface area contributed by atoms with Gasteiger partial charge in [0.05, 0.1) is 16.5 Å². The lowest BCUT2D eigenvalue weighted by Gasteiger charge is -2.19. The third-order valence-corrected chi connectivity index (χ3v) is 5.78. The van der Waals surface area contributed by atoms with E-state index in [4.69, 9.17) is 0 Å². The lowest BCUT2D eigenvalue weighted by molar-refractivity contribution is -0.137. The molecule has 2 aromatic rings. The maximum Gasteiger partial charge on any atom is 0.416 e. The summed E-state index contributed by atoms with van der Waals surface area (Å²) in [6.07, 6.45) is -3.76. The standard InChI is InChI=1S/C22H23F3N4O2/c1-21(2)16-6-4-13(10-18(16)29-20(21)31)28-19(30)15-5-3-12(22(23,24)25)9-17(15)27-14-7-8-26-11-14/h3-6,9-10,14,26-27H,7-8,11H2,1-2H3,(H,28,30)(H,29,31). The van der Waals surface area contributed by atoms with Gasteiger partial charge in [0.1, 0.15) is 0 Å². The van der Waals surface area contributed by atoms with Crippen molar-refractivity contribution in [2.45, 2.75) is 37.9 Å². The summed E-state index contributed by atoms with van der Waals surface area (Å²) in [5.41, 5.74) is 0.630. The van der Waals surface area contributed by atoms with Gasteiger partial charge < -0.3 is 21.3 Å². The zero-order valence-corrected chi connectivity index (χ0v) is 17.1. The summed E-state index contributed by atoms with van der Waals surface area (Å²) in [4.78, 5) is 25.1. The average molecular weight is 432 g/mol. The van der Waals surface area contributed by atoms with Crippen LogP contribution < -0.4 is 21.3 Å². The number of rotatable bonds is 4. The highest BCUT2D eigenvalue weighted by molar-refractivity contribution is 6.10. The number of benzene rings is 2. The number of anilines is 3. The van der Waals surface area contributed by atoms with Crippen LogP contribution in [0.3, 0.4) is 0 Å². The SMILES string of the molecule is CC1(C)C(=O)Nc2cc(NC(=O)c3ccc(C(F)(F)F)cc3NC3CCNC3)ccc21. The second-order valence-corrected chi connectivity index (χ2v) is 8.39. The van der Waals surface area contributed by atoms with Crippen LogP contribution in [-0.2, 0) is 16.4 Å². The van der Waals surface area contributed by atoms with Gasteiger partial charge in [0.2, 0.25) is 5.91 Å². The maximum atomic E-state index is 13.2. The van der Waals surface area contributed by atoms with Crippen molar-refractivity contribution >= 4 is 28.9 Å². The summed E-state index contributed by atoms with van der Waals surface area (Å²) in [6.45, 7) is 4.99. The first-order valence-electron chi connectivity index (χ1n) is 10.0. The van der Waals surface area contributed by atoms with E-state index in [1.807, 2.05) is 13.8 Å². The molecule has 31 heavy (non-hydrogen) atoms. The summed E-state index contributed by atoms with van der Waals surface area (Å²) in [7, 11) is 0. The minimum atomic E-state index is -4.51. The van der Waals surface area contributed by atoms with E-state index in [2.05, 4.69) is 21.3 Å². The van der Waals surface area contributed by atoms with Crippen molar-refractivity contribution in [3.63, 3.8) is 0 Å². The van der Waals surface area contributed by atoms with Crippen molar-refractivity contribution in [1.82, 2.24) is 5.32 Å².